The molecule has 4 nitrogen and oxygen atoms in total. The molecule has 3 aromatic heterocycles. The Morgan fingerprint density at radius 2 is 1.78 bits per heavy atom. The van der Waals surface area contributed by atoms with Crippen molar-refractivity contribution in [1.29, 1.82) is 0 Å². The van der Waals surface area contributed by atoms with Gasteiger partial charge in [-0.25, -0.2) is 15.0 Å². The molecule has 27 heavy (non-hydrogen) atoms. The normalized spacial score (nSPS) is 13.4. The molecule has 0 radical (unpaired) electrons. The third-order valence-corrected chi connectivity index (χ3v) is 6.63. The molecule has 1 aliphatic rings. The fraction of sp³-hybridized carbons (Fsp3) is 0.318. The van der Waals surface area contributed by atoms with Crippen molar-refractivity contribution in [2.75, 3.05) is 18.0 Å². The van der Waals surface area contributed by atoms with Gasteiger partial charge in [0.25, 0.3) is 0 Å². The third-order valence-electron chi connectivity index (χ3n) is 5.56. The van der Waals surface area contributed by atoms with Crippen molar-refractivity contribution in [2.45, 2.75) is 33.1 Å². The Morgan fingerprint density at radius 3 is 2.56 bits per heavy atom. The van der Waals surface area contributed by atoms with Crippen LogP contribution in [-0.2, 0) is 12.8 Å². The molecule has 0 N–H and O–H groups in total. The minimum atomic E-state index is 0.942. The monoisotopic (exact) mass is 374 g/mol. The van der Waals surface area contributed by atoms with E-state index in [1.165, 1.54) is 33.2 Å². The van der Waals surface area contributed by atoms with Gasteiger partial charge in [0.15, 0.2) is 0 Å². The summed E-state index contributed by atoms with van der Waals surface area (Å²) >= 11 is 1.74. The van der Waals surface area contributed by atoms with E-state index in [4.69, 9.17) is 9.97 Å². The van der Waals surface area contributed by atoms with Gasteiger partial charge in [0.2, 0.25) is 0 Å². The van der Waals surface area contributed by atoms with Crippen molar-refractivity contribution in [3.63, 3.8) is 0 Å². The Labute approximate surface area is 162 Å². The molecule has 0 unspecified atom stereocenters. The molecule has 0 aliphatic heterocycles. The van der Waals surface area contributed by atoms with Crippen LogP contribution in [-0.4, -0.2) is 28.0 Å². The zero-order valence-corrected chi connectivity index (χ0v) is 16.5. The minimum absolute atomic E-state index is 0.942. The van der Waals surface area contributed by atoms with Crippen LogP contribution in [0, 0.1) is 0 Å². The lowest BCUT2D eigenvalue weighted by Gasteiger charge is -2.19. The average Bonchev–Trinajstić information content (AvgIpc) is 3.33. The summed E-state index contributed by atoms with van der Waals surface area (Å²) in [6, 6.07) is 10.6. The Bertz CT molecular complexity index is 1130. The molecule has 0 fully saturated rings. The smallest absolute Gasteiger partial charge is 0.150 e. The largest absolute Gasteiger partial charge is 0.356 e. The van der Waals surface area contributed by atoms with Crippen LogP contribution in [0.3, 0.4) is 0 Å². The number of hydrogen-bond donors (Lipinski definition) is 0. The van der Waals surface area contributed by atoms with E-state index in [0.717, 1.165) is 47.8 Å². The van der Waals surface area contributed by atoms with Gasteiger partial charge in [0.05, 0.1) is 15.9 Å². The number of hydrogen-bond acceptors (Lipinski definition) is 5. The Morgan fingerprint density at radius 1 is 1.00 bits per heavy atom. The number of thiophene rings is 1. The lowest BCUT2D eigenvalue weighted by atomic mass is 10.0. The Kier molecular flexibility index (Phi) is 4.05. The molecule has 0 saturated carbocycles. The van der Waals surface area contributed by atoms with Crippen molar-refractivity contribution >= 4 is 37.6 Å². The maximum absolute atomic E-state index is 5.14. The van der Waals surface area contributed by atoms with E-state index in [-0.39, 0.29) is 0 Å². The van der Waals surface area contributed by atoms with Crippen LogP contribution >= 0.6 is 11.3 Å². The van der Waals surface area contributed by atoms with Gasteiger partial charge >= 0.3 is 0 Å². The van der Waals surface area contributed by atoms with Crippen molar-refractivity contribution in [2.24, 2.45) is 0 Å². The number of nitrogens with zero attached hydrogens (tertiary/aromatic N) is 4. The molecule has 4 aromatic rings. The molecule has 0 bridgehead atoms. The number of pyridine rings is 1. The van der Waals surface area contributed by atoms with Gasteiger partial charge in [-0.15, -0.1) is 11.3 Å². The summed E-state index contributed by atoms with van der Waals surface area (Å²) in [6.45, 7) is 6.23. The summed E-state index contributed by atoms with van der Waals surface area (Å²) in [5, 5.41) is 1.26. The van der Waals surface area contributed by atoms with Crippen molar-refractivity contribution in [1.82, 2.24) is 15.0 Å². The van der Waals surface area contributed by atoms with Gasteiger partial charge in [0, 0.05) is 24.0 Å². The zero-order chi connectivity index (χ0) is 18.4. The maximum Gasteiger partial charge on any atom is 0.150 e. The molecule has 0 spiro atoms. The molecule has 3 heterocycles. The third kappa shape index (κ3) is 2.52. The van der Waals surface area contributed by atoms with E-state index in [2.05, 4.69) is 54.1 Å². The van der Waals surface area contributed by atoms with Crippen LogP contribution in [0.2, 0.25) is 0 Å². The van der Waals surface area contributed by atoms with Gasteiger partial charge in [0.1, 0.15) is 17.0 Å². The lowest BCUT2D eigenvalue weighted by Crippen LogP contribution is -2.23. The molecule has 5 rings (SSSR count). The average molecular weight is 375 g/mol. The SMILES string of the molecule is CCN(CC)c1ncnc2c1sc1nc(-c3ccccc3)c3c(c12)CCC3. The van der Waals surface area contributed by atoms with Gasteiger partial charge in [-0.3, -0.25) is 0 Å². The highest BCUT2D eigenvalue weighted by atomic mass is 32.1. The molecule has 1 aromatic carbocycles. The highest BCUT2D eigenvalue weighted by Crippen LogP contribution is 2.43. The maximum atomic E-state index is 5.14. The molecule has 0 saturated heterocycles. The van der Waals surface area contributed by atoms with E-state index in [1.807, 2.05) is 0 Å². The van der Waals surface area contributed by atoms with E-state index in [9.17, 15) is 0 Å². The second-order valence-corrected chi connectivity index (χ2v) is 7.97. The highest BCUT2D eigenvalue weighted by Gasteiger charge is 2.25. The van der Waals surface area contributed by atoms with Crippen LogP contribution in [0.5, 0.6) is 0 Å². The predicted molar refractivity (Wildman–Crippen MR) is 114 cm³/mol. The fourth-order valence-corrected chi connectivity index (χ4v) is 5.45. The summed E-state index contributed by atoms with van der Waals surface area (Å²) < 4.78 is 1.17. The van der Waals surface area contributed by atoms with Crippen molar-refractivity contribution in [3.8, 4) is 11.3 Å². The fourth-order valence-electron chi connectivity index (χ4n) is 4.27. The van der Waals surface area contributed by atoms with Gasteiger partial charge in [-0.2, -0.15) is 0 Å². The standard InChI is InChI=1S/C22H22N4S/c1-3-26(4-2)21-20-19(23-13-24-21)17-15-11-8-12-16(15)18(25-22(17)27-20)14-9-6-5-7-10-14/h5-7,9-10,13H,3-4,8,11-12H2,1-2H3. The highest BCUT2D eigenvalue weighted by molar-refractivity contribution is 7.26. The first kappa shape index (κ1) is 16.6. The minimum Gasteiger partial charge on any atom is -0.356 e. The molecular weight excluding hydrogens is 352 g/mol. The van der Waals surface area contributed by atoms with Crippen LogP contribution < -0.4 is 4.90 Å². The number of rotatable bonds is 4. The van der Waals surface area contributed by atoms with E-state index in [0.29, 0.717) is 0 Å². The van der Waals surface area contributed by atoms with Crippen molar-refractivity contribution in [3.05, 3.63) is 47.8 Å². The van der Waals surface area contributed by atoms with Gasteiger partial charge < -0.3 is 4.90 Å². The number of benzene rings is 1. The molecule has 1 aliphatic carbocycles. The molecule has 136 valence electrons. The first-order valence-corrected chi connectivity index (χ1v) is 10.5. The van der Waals surface area contributed by atoms with Crippen LogP contribution in [0.4, 0.5) is 5.82 Å². The number of fused-ring (bicyclic) bond motifs is 5. The van der Waals surface area contributed by atoms with Gasteiger partial charge in [-0.1, -0.05) is 30.3 Å². The summed E-state index contributed by atoms with van der Waals surface area (Å²) in [4.78, 5) is 17.8. The molecule has 0 atom stereocenters. The summed E-state index contributed by atoms with van der Waals surface area (Å²) in [5.41, 5.74) is 6.31. The molecule has 5 heteroatoms. The summed E-state index contributed by atoms with van der Waals surface area (Å²) in [5.74, 6) is 1.04. The lowest BCUT2D eigenvalue weighted by molar-refractivity contribution is 0.850. The molecule has 0 amide bonds. The topological polar surface area (TPSA) is 41.9 Å². The van der Waals surface area contributed by atoms with E-state index in [1.54, 1.807) is 17.7 Å². The van der Waals surface area contributed by atoms with E-state index >= 15 is 0 Å². The second kappa shape index (κ2) is 6.57. The van der Waals surface area contributed by atoms with Crippen LogP contribution in [0.1, 0.15) is 31.4 Å². The van der Waals surface area contributed by atoms with Gasteiger partial charge in [-0.05, 0) is 44.2 Å². The molecular formula is C22H22N4S. The summed E-state index contributed by atoms with van der Waals surface area (Å²) in [7, 11) is 0. The Hall–Kier alpha value is -2.53. The second-order valence-electron chi connectivity index (χ2n) is 6.97. The first-order valence-electron chi connectivity index (χ1n) is 9.71. The van der Waals surface area contributed by atoms with Crippen LogP contribution in [0.25, 0.3) is 31.7 Å². The quantitative estimate of drug-likeness (QED) is 0.490. The Balaban J connectivity index is 1.84. The first-order chi connectivity index (χ1) is 13.3. The number of aryl methyl sites for hydroxylation is 1. The number of anilines is 1. The predicted octanol–water partition coefficient (Wildman–Crippen LogP) is 5.24. The van der Waals surface area contributed by atoms with E-state index < -0.39 is 0 Å². The zero-order valence-electron chi connectivity index (χ0n) is 15.7. The van der Waals surface area contributed by atoms with Crippen molar-refractivity contribution < 1.29 is 0 Å². The summed E-state index contributed by atoms with van der Waals surface area (Å²) in [6.07, 6.45) is 5.13. The number of aromatic nitrogens is 3. The van der Waals surface area contributed by atoms with Crippen LogP contribution in [0.15, 0.2) is 36.7 Å².